The van der Waals surface area contributed by atoms with Gasteiger partial charge in [0.15, 0.2) is 0 Å². The zero-order valence-corrected chi connectivity index (χ0v) is 8.44. The third kappa shape index (κ3) is 4.24. The lowest BCUT2D eigenvalue weighted by atomic mass is 10.3. The molecule has 1 aromatic heterocycles. The van der Waals surface area contributed by atoms with Crippen molar-refractivity contribution in [3.8, 4) is 0 Å². The van der Waals surface area contributed by atoms with E-state index in [0.29, 0.717) is 25.1 Å². The summed E-state index contributed by atoms with van der Waals surface area (Å²) >= 11 is 0. The number of nitrogens with two attached hydrogens (primary N) is 1. The fourth-order valence-electron chi connectivity index (χ4n) is 1.06. The van der Waals surface area contributed by atoms with Crippen molar-refractivity contribution < 1.29 is 13.0 Å². The lowest BCUT2D eigenvalue weighted by molar-refractivity contribution is 0.476. The second-order valence-corrected chi connectivity index (χ2v) is 4.60. The van der Waals surface area contributed by atoms with Crippen LogP contribution in [0.1, 0.15) is 12.8 Å². The molecule has 80 valence electrons. The van der Waals surface area contributed by atoms with Gasteiger partial charge in [-0.05, 0) is 12.8 Å². The van der Waals surface area contributed by atoms with Gasteiger partial charge in [-0.25, -0.2) is 0 Å². The van der Waals surface area contributed by atoms with Gasteiger partial charge >= 0.3 is 0 Å². The Balaban J connectivity index is 2.23. The van der Waals surface area contributed by atoms with Crippen molar-refractivity contribution >= 4 is 15.8 Å². The highest BCUT2D eigenvalue weighted by Gasteiger charge is 2.03. The maximum Gasteiger partial charge on any atom is 0.264 e. The smallest absolute Gasteiger partial charge is 0.264 e. The summed E-state index contributed by atoms with van der Waals surface area (Å²) in [5.41, 5.74) is 6.02. The second-order valence-electron chi connectivity index (χ2n) is 3.03. The maximum absolute atomic E-state index is 10.4. The Labute approximate surface area is 82.5 Å². The molecule has 6 nitrogen and oxygen atoms in total. The molecule has 0 amide bonds. The number of aryl methyl sites for hydroxylation is 1. The number of rotatable bonds is 5. The van der Waals surface area contributed by atoms with Gasteiger partial charge in [0.1, 0.15) is 0 Å². The molecule has 0 bridgehead atoms. The molecule has 0 aromatic carbocycles. The number of hydrogen-bond acceptors (Lipinski definition) is 4. The van der Waals surface area contributed by atoms with Crippen molar-refractivity contribution in [1.29, 1.82) is 0 Å². The molecule has 1 aromatic rings. The van der Waals surface area contributed by atoms with Crippen LogP contribution in [0.15, 0.2) is 12.4 Å². The van der Waals surface area contributed by atoms with Crippen molar-refractivity contribution in [1.82, 2.24) is 9.78 Å². The van der Waals surface area contributed by atoms with E-state index in [4.69, 9.17) is 10.3 Å². The van der Waals surface area contributed by atoms with Gasteiger partial charge in [0.25, 0.3) is 10.1 Å². The summed E-state index contributed by atoms with van der Waals surface area (Å²) in [5.74, 6) is -0.205. The van der Waals surface area contributed by atoms with E-state index in [9.17, 15) is 8.42 Å². The largest absolute Gasteiger partial charge is 0.396 e. The highest BCUT2D eigenvalue weighted by atomic mass is 32.2. The molecular weight excluding hydrogens is 206 g/mol. The number of nitrogens with zero attached hydrogens (tertiary/aromatic N) is 2. The van der Waals surface area contributed by atoms with Crippen LogP contribution in [0.5, 0.6) is 0 Å². The molecule has 0 saturated heterocycles. The summed E-state index contributed by atoms with van der Waals surface area (Å²) < 4.78 is 30.8. The summed E-state index contributed by atoms with van der Waals surface area (Å²) in [6.07, 6.45) is 4.26. The second kappa shape index (κ2) is 4.43. The number of aromatic nitrogens is 2. The summed E-state index contributed by atoms with van der Waals surface area (Å²) in [7, 11) is -3.83. The molecule has 0 spiro atoms. The first-order valence-corrected chi connectivity index (χ1v) is 5.81. The van der Waals surface area contributed by atoms with Crippen LogP contribution in [0.2, 0.25) is 0 Å². The lowest BCUT2D eigenvalue weighted by Crippen LogP contribution is -2.06. The molecule has 0 aliphatic rings. The number of hydrogen-bond donors (Lipinski definition) is 2. The SMILES string of the molecule is Nc1cnn(CCCCS(=O)(=O)O)c1. The third-order valence-corrected chi connectivity index (χ3v) is 2.50. The van der Waals surface area contributed by atoms with E-state index in [2.05, 4.69) is 5.10 Å². The highest BCUT2D eigenvalue weighted by Crippen LogP contribution is 2.01. The molecule has 0 unspecified atom stereocenters. The predicted octanol–water partition coefficient (Wildman–Crippen LogP) is 0.133. The van der Waals surface area contributed by atoms with E-state index in [1.54, 1.807) is 10.9 Å². The standard InChI is InChI=1S/C7H13N3O3S/c8-7-5-9-10(6-7)3-1-2-4-14(11,12)13/h5-6H,1-4,8H2,(H,11,12,13). The van der Waals surface area contributed by atoms with Crippen LogP contribution in [-0.4, -0.2) is 28.5 Å². The summed E-state index contributed by atoms with van der Waals surface area (Å²) in [6.45, 7) is 0.604. The number of unbranched alkanes of at least 4 members (excludes halogenated alkanes) is 1. The van der Waals surface area contributed by atoms with Gasteiger partial charge in [-0.1, -0.05) is 0 Å². The van der Waals surface area contributed by atoms with E-state index in [-0.39, 0.29) is 5.75 Å². The zero-order valence-electron chi connectivity index (χ0n) is 7.63. The Kier molecular flexibility index (Phi) is 3.48. The molecule has 0 aliphatic carbocycles. The van der Waals surface area contributed by atoms with Crippen LogP contribution in [0, 0.1) is 0 Å². The van der Waals surface area contributed by atoms with Gasteiger partial charge in [-0.2, -0.15) is 13.5 Å². The average molecular weight is 219 g/mol. The monoisotopic (exact) mass is 219 g/mol. The molecule has 1 rings (SSSR count). The van der Waals surface area contributed by atoms with Crippen LogP contribution in [0.25, 0.3) is 0 Å². The van der Waals surface area contributed by atoms with Gasteiger partial charge in [-0.3, -0.25) is 9.23 Å². The van der Waals surface area contributed by atoms with Gasteiger partial charge in [0.05, 0.1) is 17.6 Å². The van der Waals surface area contributed by atoms with E-state index < -0.39 is 10.1 Å². The fraction of sp³-hybridized carbons (Fsp3) is 0.571. The molecule has 1 heterocycles. The molecule has 0 atom stereocenters. The Bertz CT molecular complexity index is 385. The van der Waals surface area contributed by atoms with Crippen LogP contribution < -0.4 is 5.73 Å². The molecule has 0 fully saturated rings. The van der Waals surface area contributed by atoms with E-state index in [1.165, 1.54) is 6.20 Å². The van der Waals surface area contributed by atoms with Gasteiger partial charge in [0, 0.05) is 12.7 Å². The molecule has 0 saturated carbocycles. The molecule has 0 aliphatic heterocycles. The Morgan fingerprint density at radius 2 is 2.21 bits per heavy atom. The van der Waals surface area contributed by atoms with E-state index in [0.717, 1.165) is 0 Å². The van der Waals surface area contributed by atoms with Crippen LogP contribution in [0.3, 0.4) is 0 Å². The van der Waals surface area contributed by atoms with Gasteiger partial charge in [-0.15, -0.1) is 0 Å². The van der Waals surface area contributed by atoms with Gasteiger partial charge < -0.3 is 5.73 Å². The predicted molar refractivity (Wildman–Crippen MR) is 52.3 cm³/mol. The minimum atomic E-state index is -3.83. The van der Waals surface area contributed by atoms with Crippen LogP contribution >= 0.6 is 0 Å². The molecule has 0 radical (unpaired) electrons. The van der Waals surface area contributed by atoms with Crippen molar-refractivity contribution in [3.63, 3.8) is 0 Å². The minimum absolute atomic E-state index is 0.205. The summed E-state index contributed by atoms with van der Waals surface area (Å²) in [4.78, 5) is 0. The Morgan fingerprint density at radius 1 is 1.50 bits per heavy atom. The summed E-state index contributed by atoms with van der Waals surface area (Å²) in [6, 6.07) is 0. The van der Waals surface area contributed by atoms with Gasteiger partial charge in [0.2, 0.25) is 0 Å². The van der Waals surface area contributed by atoms with Crippen molar-refractivity contribution in [2.45, 2.75) is 19.4 Å². The molecule has 14 heavy (non-hydrogen) atoms. The molecule has 7 heteroatoms. The number of nitrogen functional groups attached to an aromatic ring is 1. The number of anilines is 1. The topological polar surface area (TPSA) is 98.2 Å². The van der Waals surface area contributed by atoms with E-state index >= 15 is 0 Å². The lowest BCUT2D eigenvalue weighted by Gasteiger charge is -1.99. The Hall–Kier alpha value is -1.08. The minimum Gasteiger partial charge on any atom is -0.396 e. The quantitative estimate of drug-likeness (QED) is 0.542. The van der Waals surface area contributed by atoms with Crippen molar-refractivity contribution in [3.05, 3.63) is 12.4 Å². The zero-order chi connectivity index (χ0) is 10.6. The van der Waals surface area contributed by atoms with Crippen LogP contribution in [-0.2, 0) is 16.7 Å². The van der Waals surface area contributed by atoms with Crippen LogP contribution in [0.4, 0.5) is 5.69 Å². The third-order valence-electron chi connectivity index (χ3n) is 1.69. The van der Waals surface area contributed by atoms with Crippen molar-refractivity contribution in [2.75, 3.05) is 11.5 Å². The summed E-state index contributed by atoms with van der Waals surface area (Å²) in [5, 5.41) is 3.93. The highest BCUT2D eigenvalue weighted by molar-refractivity contribution is 7.85. The van der Waals surface area contributed by atoms with Crippen molar-refractivity contribution in [2.24, 2.45) is 0 Å². The Morgan fingerprint density at radius 3 is 2.71 bits per heavy atom. The normalized spacial score (nSPS) is 11.8. The maximum atomic E-state index is 10.4. The molecule has 3 N–H and O–H groups in total. The first-order valence-electron chi connectivity index (χ1n) is 4.20. The first-order chi connectivity index (χ1) is 6.47. The fourth-order valence-corrected chi connectivity index (χ4v) is 1.63. The van der Waals surface area contributed by atoms with E-state index in [1.807, 2.05) is 0 Å². The first kappa shape index (κ1) is 11.0. The average Bonchev–Trinajstić information content (AvgIpc) is 2.44. The molecular formula is C7H13N3O3S.